The number of hydrogen-bond acceptors (Lipinski definition) is 6. The van der Waals surface area contributed by atoms with Gasteiger partial charge < -0.3 is 19.4 Å². The number of nitrogens with one attached hydrogen (secondary N) is 1. The molecule has 31 heavy (non-hydrogen) atoms. The Morgan fingerprint density at radius 1 is 1.19 bits per heavy atom. The van der Waals surface area contributed by atoms with Gasteiger partial charge in [-0.2, -0.15) is 0 Å². The summed E-state index contributed by atoms with van der Waals surface area (Å²) in [7, 11) is 1.44. The van der Waals surface area contributed by atoms with E-state index >= 15 is 0 Å². The van der Waals surface area contributed by atoms with E-state index in [1.807, 2.05) is 0 Å². The Kier molecular flexibility index (Phi) is 5.94. The first-order chi connectivity index (χ1) is 15.0. The number of carbonyl (C=O) groups is 2. The van der Waals surface area contributed by atoms with E-state index in [0.717, 1.165) is 19.3 Å². The molecule has 0 saturated carbocycles. The van der Waals surface area contributed by atoms with E-state index in [1.54, 1.807) is 29.2 Å². The molecule has 4 rings (SSSR count). The molecule has 1 fully saturated rings. The van der Waals surface area contributed by atoms with Gasteiger partial charge in [0.25, 0.3) is 5.91 Å². The van der Waals surface area contributed by atoms with Crippen LogP contribution in [0, 0.1) is 0 Å². The number of pyridine rings is 1. The fourth-order valence-corrected chi connectivity index (χ4v) is 3.75. The maximum atomic E-state index is 12.6. The van der Waals surface area contributed by atoms with Crippen LogP contribution in [0.5, 0.6) is 5.88 Å². The fourth-order valence-electron chi connectivity index (χ4n) is 3.56. The molecule has 0 spiro atoms. The molecule has 162 valence electrons. The van der Waals surface area contributed by atoms with Crippen LogP contribution in [0.25, 0.3) is 11.1 Å². The first kappa shape index (κ1) is 20.9. The first-order valence-electron chi connectivity index (χ1n) is 9.89. The van der Waals surface area contributed by atoms with E-state index in [-0.39, 0.29) is 29.0 Å². The molecule has 1 aliphatic rings. The van der Waals surface area contributed by atoms with Gasteiger partial charge in [0.15, 0.2) is 11.3 Å². The molecule has 10 heteroatoms. The Hall–Kier alpha value is -3.33. The molecule has 0 bridgehead atoms. The average Bonchev–Trinajstić information content (AvgIpc) is 3.09. The van der Waals surface area contributed by atoms with Crippen LogP contribution in [0.4, 0.5) is 5.69 Å². The summed E-state index contributed by atoms with van der Waals surface area (Å²) in [6.07, 6.45) is 3.03. The van der Waals surface area contributed by atoms with Crippen molar-refractivity contribution >= 4 is 40.2 Å². The third-order valence-electron chi connectivity index (χ3n) is 5.17. The Bertz CT molecular complexity index is 1200. The number of anilines is 1. The molecule has 1 aliphatic heterocycles. The number of oxazole rings is 1. The molecule has 3 heterocycles. The van der Waals surface area contributed by atoms with Crippen molar-refractivity contribution in [1.29, 1.82) is 0 Å². The van der Waals surface area contributed by atoms with Crippen LogP contribution in [0.2, 0.25) is 5.02 Å². The van der Waals surface area contributed by atoms with Crippen LogP contribution in [0.3, 0.4) is 0 Å². The monoisotopic (exact) mass is 444 g/mol. The van der Waals surface area contributed by atoms with Crippen molar-refractivity contribution < 1.29 is 18.7 Å². The van der Waals surface area contributed by atoms with Gasteiger partial charge in [0, 0.05) is 24.8 Å². The molecule has 0 atom stereocenters. The quantitative estimate of drug-likeness (QED) is 0.648. The number of rotatable bonds is 5. The largest absolute Gasteiger partial charge is 0.481 e. The molecule has 0 radical (unpaired) electrons. The summed E-state index contributed by atoms with van der Waals surface area (Å²) in [6, 6.07) is 7.80. The summed E-state index contributed by atoms with van der Waals surface area (Å²) in [6.45, 7) is 1.27. The van der Waals surface area contributed by atoms with Gasteiger partial charge in [0.1, 0.15) is 6.54 Å². The van der Waals surface area contributed by atoms with Gasteiger partial charge in [-0.15, -0.1) is 0 Å². The number of aromatic nitrogens is 2. The van der Waals surface area contributed by atoms with E-state index in [1.165, 1.54) is 17.7 Å². The summed E-state index contributed by atoms with van der Waals surface area (Å²) in [5.74, 6) is -1.04. The Morgan fingerprint density at radius 2 is 1.97 bits per heavy atom. The zero-order valence-electron chi connectivity index (χ0n) is 16.9. The second-order valence-electron chi connectivity index (χ2n) is 7.22. The minimum atomic E-state index is -0.624. The van der Waals surface area contributed by atoms with Crippen LogP contribution < -0.4 is 15.8 Å². The van der Waals surface area contributed by atoms with Crippen molar-refractivity contribution in [1.82, 2.24) is 14.5 Å². The minimum absolute atomic E-state index is 0.00553. The predicted molar refractivity (Wildman–Crippen MR) is 115 cm³/mol. The molecule has 0 unspecified atom stereocenters. The number of hydrogen-bond donors (Lipinski definition) is 1. The van der Waals surface area contributed by atoms with Crippen LogP contribution >= 0.6 is 11.6 Å². The van der Waals surface area contributed by atoms with E-state index in [2.05, 4.69) is 10.3 Å². The van der Waals surface area contributed by atoms with Gasteiger partial charge in [-0.1, -0.05) is 11.6 Å². The number of halogens is 1. The van der Waals surface area contributed by atoms with E-state index in [9.17, 15) is 14.4 Å². The van der Waals surface area contributed by atoms with Crippen LogP contribution in [0.1, 0.15) is 29.8 Å². The summed E-state index contributed by atoms with van der Waals surface area (Å²) in [4.78, 5) is 43.4. The summed E-state index contributed by atoms with van der Waals surface area (Å²) in [5.41, 5.74) is 1.15. The highest BCUT2D eigenvalue weighted by Gasteiger charge is 2.20. The smallest absolute Gasteiger partial charge is 0.420 e. The molecular formula is C21H21ClN4O5. The Labute approximate surface area is 182 Å². The maximum Gasteiger partial charge on any atom is 0.420 e. The maximum absolute atomic E-state index is 12.6. The number of nitrogens with zero attached hydrogens (tertiary/aromatic N) is 3. The molecular weight excluding hydrogens is 424 g/mol. The number of likely N-dealkylation sites (tertiary alicyclic amines) is 1. The summed E-state index contributed by atoms with van der Waals surface area (Å²) >= 11 is 6.09. The number of piperidine rings is 1. The van der Waals surface area contributed by atoms with Gasteiger partial charge in [-0.05, 0) is 43.5 Å². The highest BCUT2D eigenvalue weighted by Crippen LogP contribution is 2.22. The van der Waals surface area contributed by atoms with Crippen LogP contribution in [-0.2, 0) is 11.3 Å². The molecule has 3 aromatic rings. The second-order valence-corrected chi connectivity index (χ2v) is 7.62. The molecule has 1 N–H and O–H groups in total. The lowest BCUT2D eigenvalue weighted by molar-refractivity contribution is -0.132. The van der Waals surface area contributed by atoms with Gasteiger partial charge in [0.2, 0.25) is 11.8 Å². The fraction of sp³-hybridized carbons (Fsp3) is 0.333. The van der Waals surface area contributed by atoms with Gasteiger partial charge in [0.05, 0.1) is 17.6 Å². The molecule has 0 aliphatic carbocycles. The SMILES string of the molecule is COc1ccc(Cl)c(C(=O)Nc2ccc3oc(=O)n(CC(=O)N4CCCCC4)c3c2)n1. The molecule has 2 aromatic heterocycles. The van der Waals surface area contributed by atoms with Crippen molar-refractivity contribution in [3.05, 3.63) is 51.6 Å². The summed E-state index contributed by atoms with van der Waals surface area (Å²) < 4.78 is 11.6. The standard InChI is InChI=1S/C21H21ClN4O5/c1-30-17-8-6-14(22)19(24-17)20(28)23-13-5-7-16-15(11-13)26(21(29)31-16)12-18(27)25-9-3-2-4-10-25/h5-8,11H,2-4,9-10,12H2,1H3,(H,23,28). The Morgan fingerprint density at radius 3 is 2.71 bits per heavy atom. The minimum Gasteiger partial charge on any atom is -0.481 e. The second kappa shape index (κ2) is 8.81. The van der Waals surface area contributed by atoms with Gasteiger partial charge in [-0.3, -0.25) is 14.2 Å². The zero-order valence-corrected chi connectivity index (χ0v) is 17.6. The predicted octanol–water partition coefficient (Wildman–Crippen LogP) is 2.92. The highest BCUT2D eigenvalue weighted by atomic mass is 35.5. The Balaban J connectivity index is 1.59. The molecule has 1 aromatic carbocycles. The van der Waals surface area contributed by atoms with Crippen molar-refractivity contribution in [2.45, 2.75) is 25.8 Å². The number of benzene rings is 1. The molecule has 1 saturated heterocycles. The molecule has 2 amide bonds. The van der Waals surface area contributed by atoms with E-state index in [4.69, 9.17) is 20.8 Å². The van der Waals surface area contributed by atoms with Crippen molar-refractivity contribution in [3.63, 3.8) is 0 Å². The lowest BCUT2D eigenvalue weighted by Crippen LogP contribution is -2.39. The topological polar surface area (TPSA) is 107 Å². The summed E-state index contributed by atoms with van der Waals surface area (Å²) in [5, 5.41) is 2.87. The average molecular weight is 445 g/mol. The highest BCUT2D eigenvalue weighted by molar-refractivity contribution is 6.34. The lowest BCUT2D eigenvalue weighted by atomic mass is 10.1. The molecule has 9 nitrogen and oxygen atoms in total. The van der Waals surface area contributed by atoms with Crippen molar-refractivity contribution in [2.24, 2.45) is 0 Å². The lowest BCUT2D eigenvalue weighted by Gasteiger charge is -2.26. The number of methoxy groups -OCH3 is 1. The first-order valence-corrected chi connectivity index (χ1v) is 10.3. The van der Waals surface area contributed by atoms with E-state index < -0.39 is 11.7 Å². The van der Waals surface area contributed by atoms with Crippen LogP contribution in [0.15, 0.2) is 39.5 Å². The van der Waals surface area contributed by atoms with Crippen molar-refractivity contribution in [2.75, 3.05) is 25.5 Å². The third-order valence-corrected chi connectivity index (χ3v) is 5.48. The van der Waals surface area contributed by atoms with Gasteiger partial charge >= 0.3 is 5.76 Å². The zero-order chi connectivity index (χ0) is 22.0. The third kappa shape index (κ3) is 4.41. The van der Waals surface area contributed by atoms with Crippen molar-refractivity contribution in [3.8, 4) is 5.88 Å². The number of carbonyl (C=O) groups excluding carboxylic acids is 2. The number of amides is 2. The normalized spacial score (nSPS) is 13.9. The van der Waals surface area contributed by atoms with Crippen LogP contribution in [-0.4, -0.2) is 46.5 Å². The number of fused-ring (bicyclic) bond motifs is 1. The van der Waals surface area contributed by atoms with Gasteiger partial charge in [-0.25, -0.2) is 9.78 Å². The van der Waals surface area contributed by atoms with E-state index in [0.29, 0.717) is 29.9 Å². The number of ether oxygens (including phenoxy) is 1.